The van der Waals surface area contributed by atoms with E-state index in [2.05, 4.69) is 0 Å². The first-order valence-corrected chi connectivity index (χ1v) is 6.17. The Kier molecular flexibility index (Phi) is 3.02. The maximum atomic E-state index is 11.7. The summed E-state index contributed by atoms with van der Waals surface area (Å²) in [6, 6.07) is 0. The predicted molar refractivity (Wildman–Crippen MR) is 48.3 cm³/mol. The van der Waals surface area contributed by atoms with Gasteiger partial charge in [-0.3, -0.25) is 0 Å². The van der Waals surface area contributed by atoms with Crippen molar-refractivity contribution in [2.45, 2.75) is 45.4 Å². The number of hydrogen-bond donors (Lipinski definition) is 0. The molecule has 0 aliphatic heterocycles. The molecule has 0 aromatic rings. The highest BCUT2D eigenvalue weighted by Crippen LogP contribution is 2.65. The highest BCUT2D eigenvalue weighted by Gasteiger charge is 2.36. The first kappa shape index (κ1) is 10.5. The van der Waals surface area contributed by atoms with Crippen LogP contribution in [-0.2, 0) is 4.57 Å². The molecule has 0 aromatic carbocycles. The van der Waals surface area contributed by atoms with E-state index in [0.717, 1.165) is 0 Å². The molecule has 0 amide bonds. The largest absolute Gasteiger partial charge is 0.306 e. The van der Waals surface area contributed by atoms with Gasteiger partial charge in [0.2, 0.25) is 0 Å². The maximum Gasteiger partial charge on any atom is 0.176 e. The van der Waals surface area contributed by atoms with Gasteiger partial charge in [0.1, 0.15) is 0 Å². The molecule has 62 valence electrons. The van der Waals surface area contributed by atoms with Crippen molar-refractivity contribution in [1.82, 2.24) is 0 Å². The van der Waals surface area contributed by atoms with Gasteiger partial charge < -0.3 is 4.57 Å². The van der Waals surface area contributed by atoms with Crippen LogP contribution in [0.1, 0.15) is 34.6 Å². The van der Waals surface area contributed by atoms with Crippen molar-refractivity contribution in [1.29, 1.82) is 0 Å². The molecule has 1 nitrogen and oxygen atoms in total. The second-order valence-electron chi connectivity index (χ2n) is 3.84. The normalized spacial score (nSPS) is 19.1. The Balaban J connectivity index is 4.59. The fourth-order valence-electron chi connectivity index (χ4n) is 0.775. The van der Waals surface area contributed by atoms with Crippen LogP contribution >= 0.6 is 17.7 Å². The lowest BCUT2D eigenvalue weighted by Gasteiger charge is -2.28. The van der Waals surface area contributed by atoms with Crippen LogP contribution in [0.15, 0.2) is 0 Å². The molecule has 0 radical (unpaired) electrons. The SMILES string of the molecule is CC(C)P(=O)(Cl)C(C)(C)C. The van der Waals surface area contributed by atoms with Crippen LogP contribution in [0.4, 0.5) is 0 Å². The average molecular weight is 183 g/mol. The highest BCUT2D eigenvalue weighted by atomic mass is 35.7. The van der Waals surface area contributed by atoms with Crippen LogP contribution in [0, 0.1) is 0 Å². The van der Waals surface area contributed by atoms with Crippen LogP contribution in [0.25, 0.3) is 0 Å². The van der Waals surface area contributed by atoms with Crippen molar-refractivity contribution in [3.63, 3.8) is 0 Å². The summed E-state index contributed by atoms with van der Waals surface area (Å²) in [5.74, 6) is 0. The van der Waals surface area contributed by atoms with E-state index >= 15 is 0 Å². The predicted octanol–water partition coefficient (Wildman–Crippen LogP) is 3.71. The van der Waals surface area contributed by atoms with Crippen molar-refractivity contribution in [3.8, 4) is 0 Å². The molecule has 1 unspecified atom stereocenters. The lowest BCUT2D eigenvalue weighted by molar-refractivity contribution is 0.553. The molecule has 0 saturated carbocycles. The zero-order valence-electron chi connectivity index (χ0n) is 7.31. The standard InChI is InChI=1S/C7H16ClOP/c1-6(2)10(8,9)7(3,4)5/h6H,1-5H3. The quantitative estimate of drug-likeness (QED) is 0.565. The number of halogens is 1. The minimum Gasteiger partial charge on any atom is -0.306 e. The van der Waals surface area contributed by atoms with E-state index in [1.807, 2.05) is 34.6 Å². The number of rotatable bonds is 1. The van der Waals surface area contributed by atoms with E-state index in [1.165, 1.54) is 0 Å². The smallest absolute Gasteiger partial charge is 0.176 e. The van der Waals surface area contributed by atoms with Crippen LogP contribution in [0.3, 0.4) is 0 Å². The van der Waals surface area contributed by atoms with Crippen LogP contribution < -0.4 is 0 Å². The van der Waals surface area contributed by atoms with Crippen molar-refractivity contribution in [2.75, 3.05) is 0 Å². The average Bonchev–Trinajstić information content (AvgIpc) is 1.62. The molecule has 0 rings (SSSR count). The molecule has 0 spiro atoms. The lowest BCUT2D eigenvalue weighted by atomic mass is 10.3. The van der Waals surface area contributed by atoms with Gasteiger partial charge in [-0.15, -0.1) is 0 Å². The monoisotopic (exact) mass is 182 g/mol. The second-order valence-corrected chi connectivity index (χ2v) is 8.88. The summed E-state index contributed by atoms with van der Waals surface area (Å²) in [5.41, 5.74) is 0.0779. The Hall–Kier alpha value is 0.520. The molecule has 0 aromatic heterocycles. The molecule has 0 aliphatic rings. The lowest BCUT2D eigenvalue weighted by Crippen LogP contribution is -2.16. The first-order valence-electron chi connectivity index (χ1n) is 3.49. The molecular weight excluding hydrogens is 167 g/mol. The van der Waals surface area contributed by atoms with Gasteiger partial charge in [-0.2, -0.15) is 0 Å². The maximum absolute atomic E-state index is 11.7. The van der Waals surface area contributed by atoms with E-state index < -0.39 is 6.49 Å². The fourth-order valence-corrected chi connectivity index (χ4v) is 2.32. The molecule has 0 saturated heterocycles. The third-order valence-electron chi connectivity index (χ3n) is 1.58. The summed E-state index contributed by atoms with van der Waals surface area (Å²) < 4.78 is 11.7. The zero-order chi connectivity index (χ0) is 8.58. The Bertz CT molecular complexity index is 157. The fraction of sp³-hybridized carbons (Fsp3) is 1.00. The summed E-state index contributed by atoms with van der Waals surface area (Å²) in [5, 5.41) is -0.261. The molecule has 1 atom stereocenters. The summed E-state index contributed by atoms with van der Waals surface area (Å²) in [6.07, 6.45) is 0. The van der Waals surface area contributed by atoms with Gasteiger partial charge in [0.25, 0.3) is 0 Å². The Morgan fingerprint density at radius 3 is 1.60 bits per heavy atom. The molecule has 10 heavy (non-hydrogen) atoms. The third-order valence-corrected chi connectivity index (χ3v) is 7.43. The minimum atomic E-state index is -2.48. The third kappa shape index (κ3) is 2.00. The van der Waals surface area contributed by atoms with Crippen LogP contribution in [-0.4, -0.2) is 10.8 Å². The molecule has 3 heteroatoms. The van der Waals surface area contributed by atoms with E-state index in [9.17, 15) is 4.57 Å². The Morgan fingerprint density at radius 1 is 1.30 bits per heavy atom. The summed E-state index contributed by atoms with van der Waals surface area (Å²) >= 11 is 5.90. The summed E-state index contributed by atoms with van der Waals surface area (Å²) in [4.78, 5) is 0. The van der Waals surface area contributed by atoms with Gasteiger partial charge in [0.15, 0.2) is 6.49 Å². The van der Waals surface area contributed by atoms with Gasteiger partial charge in [0.05, 0.1) is 0 Å². The molecule has 0 aliphatic carbocycles. The summed E-state index contributed by atoms with van der Waals surface area (Å²) in [7, 11) is 0. The minimum absolute atomic E-state index is 0.0779. The molecule has 0 N–H and O–H groups in total. The molecular formula is C7H16ClOP. The topological polar surface area (TPSA) is 17.1 Å². The number of hydrogen-bond acceptors (Lipinski definition) is 1. The summed E-state index contributed by atoms with van der Waals surface area (Å²) in [6.45, 7) is 7.08. The van der Waals surface area contributed by atoms with Gasteiger partial charge in [0, 0.05) is 10.8 Å². The molecule has 0 bridgehead atoms. The molecule has 0 fully saturated rings. The van der Waals surface area contributed by atoms with Crippen molar-refractivity contribution in [2.24, 2.45) is 0 Å². The van der Waals surface area contributed by atoms with E-state index in [4.69, 9.17) is 11.2 Å². The Morgan fingerprint density at radius 2 is 1.60 bits per heavy atom. The van der Waals surface area contributed by atoms with Gasteiger partial charge in [-0.05, 0) is 0 Å². The van der Waals surface area contributed by atoms with E-state index in [1.54, 1.807) is 0 Å². The van der Waals surface area contributed by atoms with E-state index in [-0.39, 0.29) is 10.8 Å². The second kappa shape index (κ2) is 2.87. The highest BCUT2D eigenvalue weighted by molar-refractivity contribution is 7.90. The van der Waals surface area contributed by atoms with Gasteiger partial charge in [-0.25, -0.2) is 0 Å². The van der Waals surface area contributed by atoms with Crippen LogP contribution in [0.2, 0.25) is 0 Å². The van der Waals surface area contributed by atoms with Crippen molar-refractivity contribution < 1.29 is 4.57 Å². The van der Waals surface area contributed by atoms with Crippen LogP contribution in [0.5, 0.6) is 0 Å². The van der Waals surface area contributed by atoms with Gasteiger partial charge in [-0.1, -0.05) is 45.9 Å². The van der Waals surface area contributed by atoms with Gasteiger partial charge >= 0.3 is 0 Å². The molecule has 0 heterocycles. The Labute approximate surface area is 68.3 Å². The van der Waals surface area contributed by atoms with Crippen molar-refractivity contribution >= 4 is 17.7 Å². The van der Waals surface area contributed by atoms with E-state index in [0.29, 0.717) is 0 Å². The van der Waals surface area contributed by atoms with Crippen molar-refractivity contribution in [3.05, 3.63) is 0 Å². The first-order chi connectivity index (χ1) is 4.19. The zero-order valence-corrected chi connectivity index (χ0v) is 8.96.